The van der Waals surface area contributed by atoms with E-state index in [0.717, 1.165) is 17.7 Å². The minimum absolute atomic E-state index is 0.0690. The van der Waals surface area contributed by atoms with Crippen molar-refractivity contribution >= 4 is 17.4 Å². The van der Waals surface area contributed by atoms with Crippen LogP contribution in [0.25, 0.3) is 0 Å². The monoisotopic (exact) mass is 497 g/mol. The van der Waals surface area contributed by atoms with E-state index in [1.807, 2.05) is 24.0 Å². The van der Waals surface area contributed by atoms with Gasteiger partial charge in [-0.1, -0.05) is 24.3 Å². The fourth-order valence-corrected chi connectivity index (χ4v) is 4.54. The van der Waals surface area contributed by atoms with Gasteiger partial charge in [0.1, 0.15) is 23.1 Å². The zero-order valence-corrected chi connectivity index (χ0v) is 19.4. The summed E-state index contributed by atoms with van der Waals surface area (Å²) in [5, 5.41) is 0. The number of fused-ring (bicyclic) bond motifs is 2. The molecule has 9 heteroatoms. The Labute approximate surface area is 205 Å². The van der Waals surface area contributed by atoms with E-state index in [0.29, 0.717) is 36.8 Å². The van der Waals surface area contributed by atoms with Gasteiger partial charge in [0, 0.05) is 25.7 Å². The second kappa shape index (κ2) is 9.29. The number of ether oxygens (including phenoxy) is 1. The van der Waals surface area contributed by atoms with Crippen LogP contribution in [0.5, 0.6) is 11.5 Å². The SMILES string of the molecule is CC1CN(C2=Nc3cc(C(F)(F)F)ccc3Oc3ccccc32)CCN1C(=O)Cc1ccc(F)cc1. The maximum Gasteiger partial charge on any atom is 0.416 e. The number of hydrogen-bond acceptors (Lipinski definition) is 4. The molecule has 2 heterocycles. The van der Waals surface area contributed by atoms with E-state index in [9.17, 15) is 22.4 Å². The van der Waals surface area contributed by atoms with Crippen molar-refractivity contribution in [3.63, 3.8) is 0 Å². The summed E-state index contributed by atoms with van der Waals surface area (Å²) in [5.74, 6) is 0.816. The third-order valence-corrected chi connectivity index (χ3v) is 6.38. The van der Waals surface area contributed by atoms with Crippen LogP contribution in [0.4, 0.5) is 23.2 Å². The summed E-state index contributed by atoms with van der Waals surface area (Å²) in [7, 11) is 0. The van der Waals surface area contributed by atoms with E-state index < -0.39 is 11.7 Å². The number of aliphatic imine (C=N–C) groups is 1. The number of nitrogens with zero attached hydrogens (tertiary/aromatic N) is 3. The Balaban J connectivity index is 1.42. The van der Waals surface area contributed by atoms with E-state index >= 15 is 0 Å². The van der Waals surface area contributed by atoms with Gasteiger partial charge in [-0.3, -0.25) is 4.79 Å². The maximum atomic E-state index is 13.4. The highest BCUT2D eigenvalue weighted by atomic mass is 19.4. The standard InChI is InChI=1S/C27H23F4N3O2/c1-17-16-33(12-13-34(17)25(35)14-18-6-9-20(28)10-7-18)26-21-4-2-3-5-23(21)36-24-11-8-19(27(29,30)31)15-22(24)32-26/h2-11,15,17H,12-14,16H2,1H3. The van der Waals surface area contributed by atoms with Crippen molar-refractivity contribution in [3.05, 3.63) is 89.2 Å². The van der Waals surface area contributed by atoms with Gasteiger partial charge in [0.05, 0.1) is 17.5 Å². The molecule has 1 atom stereocenters. The molecule has 3 aromatic rings. The van der Waals surface area contributed by atoms with Gasteiger partial charge in [0.15, 0.2) is 5.75 Å². The molecule has 3 aromatic carbocycles. The van der Waals surface area contributed by atoms with E-state index in [1.165, 1.54) is 18.2 Å². The molecule has 0 bridgehead atoms. The average molecular weight is 497 g/mol. The van der Waals surface area contributed by atoms with Gasteiger partial charge in [-0.15, -0.1) is 0 Å². The van der Waals surface area contributed by atoms with Crippen molar-refractivity contribution in [2.24, 2.45) is 4.99 Å². The molecular weight excluding hydrogens is 474 g/mol. The Morgan fingerprint density at radius 2 is 1.78 bits per heavy atom. The molecule has 186 valence electrons. The van der Waals surface area contributed by atoms with E-state index in [-0.39, 0.29) is 35.6 Å². The molecule has 36 heavy (non-hydrogen) atoms. The van der Waals surface area contributed by atoms with Crippen molar-refractivity contribution in [3.8, 4) is 11.5 Å². The summed E-state index contributed by atoms with van der Waals surface area (Å²) < 4.78 is 59.2. The second-order valence-electron chi connectivity index (χ2n) is 8.90. The number of carbonyl (C=O) groups is 1. The van der Waals surface area contributed by atoms with Crippen LogP contribution in [-0.2, 0) is 17.4 Å². The van der Waals surface area contributed by atoms with Gasteiger partial charge >= 0.3 is 6.18 Å². The lowest BCUT2D eigenvalue weighted by molar-refractivity contribution is -0.137. The van der Waals surface area contributed by atoms with Crippen LogP contribution in [0, 0.1) is 5.82 Å². The van der Waals surface area contributed by atoms with Crippen molar-refractivity contribution < 1.29 is 27.1 Å². The van der Waals surface area contributed by atoms with Gasteiger partial charge in [0.25, 0.3) is 0 Å². The normalized spacial score (nSPS) is 17.5. The summed E-state index contributed by atoms with van der Waals surface area (Å²) in [5.41, 5.74) is 0.690. The Morgan fingerprint density at radius 1 is 1.03 bits per heavy atom. The molecule has 5 nitrogen and oxygen atoms in total. The molecule has 2 aliphatic rings. The first kappa shape index (κ1) is 23.8. The van der Waals surface area contributed by atoms with Crippen LogP contribution in [0.1, 0.15) is 23.6 Å². The first-order valence-corrected chi connectivity index (χ1v) is 11.5. The Morgan fingerprint density at radius 3 is 2.50 bits per heavy atom. The smallest absolute Gasteiger partial charge is 0.416 e. The number of rotatable bonds is 2. The van der Waals surface area contributed by atoms with Gasteiger partial charge in [-0.25, -0.2) is 9.38 Å². The molecular formula is C27H23F4N3O2. The summed E-state index contributed by atoms with van der Waals surface area (Å²) in [6.07, 6.45) is -4.34. The second-order valence-corrected chi connectivity index (χ2v) is 8.90. The topological polar surface area (TPSA) is 45.1 Å². The maximum absolute atomic E-state index is 13.4. The van der Waals surface area contributed by atoms with Crippen molar-refractivity contribution in [1.29, 1.82) is 0 Å². The number of amides is 1. The van der Waals surface area contributed by atoms with Gasteiger partial charge in [-0.05, 0) is 55.0 Å². The molecule has 0 aliphatic carbocycles. The summed E-state index contributed by atoms with van der Waals surface area (Å²) in [4.78, 5) is 21.3. The fraction of sp³-hybridized carbons (Fsp3) is 0.259. The van der Waals surface area contributed by atoms with Crippen LogP contribution in [0.2, 0.25) is 0 Å². The third kappa shape index (κ3) is 4.78. The van der Waals surface area contributed by atoms with Crippen LogP contribution >= 0.6 is 0 Å². The predicted octanol–water partition coefficient (Wildman–Crippen LogP) is 5.80. The quantitative estimate of drug-likeness (QED) is 0.420. The Bertz CT molecular complexity index is 1320. The van der Waals surface area contributed by atoms with Gasteiger partial charge in [0.2, 0.25) is 5.91 Å². The summed E-state index contributed by atoms with van der Waals surface area (Å²) in [6.45, 7) is 3.22. The highest BCUT2D eigenvalue weighted by Gasteiger charge is 2.34. The largest absolute Gasteiger partial charge is 0.454 e. The van der Waals surface area contributed by atoms with Gasteiger partial charge < -0.3 is 14.5 Å². The minimum Gasteiger partial charge on any atom is -0.454 e. The molecule has 0 N–H and O–H groups in total. The van der Waals surface area contributed by atoms with E-state index in [1.54, 1.807) is 29.2 Å². The summed E-state index contributed by atoms with van der Waals surface area (Å²) >= 11 is 0. The fourth-order valence-electron chi connectivity index (χ4n) is 4.54. The lowest BCUT2D eigenvalue weighted by Gasteiger charge is -2.41. The lowest BCUT2D eigenvalue weighted by atomic mass is 10.1. The molecule has 1 saturated heterocycles. The molecule has 0 saturated carbocycles. The first-order valence-electron chi connectivity index (χ1n) is 11.5. The number of amidine groups is 1. The van der Waals surface area contributed by atoms with E-state index in [2.05, 4.69) is 4.99 Å². The number of alkyl halides is 3. The molecule has 5 rings (SSSR count). The Kier molecular flexibility index (Phi) is 6.15. The molecule has 0 spiro atoms. The van der Waals surface area contributed by atoms with Crippen molar-refractivity contribution in [2.45, 2.75) is 25.6 Å². The summed E-state index contributed by atoms with van der Waals surface area (Å²) in [6, 6.07) is 16.1. The zero-order chi connectivity index (χ0) is 25.4. The van der Waals surface area contributed by atoms with Crippen LogP contribution in [-0.4, -0.2) is 47.2 Å². The number of carbonyl (C=O) groups excluding carboxylic acids is 1. The Hall–Kier alpha value is -3.88. The van der Waals surface area contributed by atoms with Crippen LogP contribution in [0.3, 0.4) is 0 Å². The van der Waals surface area contributed by atoms with E-state index in [4.69, 9.17) is 4.74 Å². The van der Waals surface area contributed by atoms with Crippen LogP contribution in [0.15, 0.2) is 71.7 Å². The number of para-hydroxylation sites is 1. The number of hydrogen-bond donors (Lipinski definition) is 0. The highest BCUT2D eigenvalue weighted by molar-refractivity contribution is 6.04. The molecule has 0 radical (unpaired) electrons. The lowest BCUT2D eigenvalue weighted by Crippen LogP contribution is -2.55. The highest BCUT2D eigenvalue weighted by Crippen LogP contribution is 2.41. The van der Waals surface area contributed by atoms with Crippen LogP contribution < -0.4 is 4.74 Å². The number of piperazine rings is 1. The predicted molar refractivity (Wildman–Crippen MR) is 127 cm³/mol. The molecule has 2 aliphatic heterocycles. The van der Waals surface area contributed by atoms with Crippen molar-refractivity contribution in [1.82, 2.24) is 9.80 Å². The number of benzene rings is 3. The molecule has 1 fully saturated rings. The average Bonchev–Trinajstić information content (AvgIpc) is 3.01. The third-order valence-electron chi connectivity index (χ3n) is 6.38. The molecule has 1 amide bonds. The first-order chi connectivity index (χ1) is 17.2. The minimum atomic E-state index is -4.51. The number of halogens is 4. The van der Waals surface area contributed by atoms with Gasteiger partial charge in [-0.2, -0.15) is 13.2 Å². The molecule has 1 unspecified atom stereocenters. The molecule has 0 aromatic heterocycles. The van der Waals surface area contributed by atoms with Crippen molar-refractivity contribution in [2.75, 3.05) is 19.6 Å². The zero-order valence-electron chi connectivity index (χ0n) is 19.4.